The van der Waals surface area contributed by atoms with Gasteiger partial charge in [-0.1, -0.05) is 6.07 Å². The van der Waals surface area contributed by atoms with Crippen LogP contribution in [0.2, 0.25) is 0 Å². The number of hydrogen-bond acceptors (Lipinski definition) is 4. The van der Waals surface area contributed by atoms with Gasteiger partial charge in [-0.3, -0.25) is 9.78 Å². The molecule has 2 saturated heterocycles. The van der Waals surface area contributed by atoms with Gasteiger partial charge in [-0.05, 0) is 56.2 Å². The number of ether oxygens (including phenoxy) is 1. The number of amides is 1. The molecule has 24 heavy (non-hydrogen) atoms. The summed E-state index contributed by atoms with van der Waals surface area (Å²) >= 11 is 0. The second-order valence-corrected chi connectivity index (χ2v) is 7.51. The Balaban J connectivity index is 1.21. The van der Waals surface area contributed by atoms with Crippen LogP contribution in [0.1, 0.15) is 31.4 Å². The summed E-state index contributed by atoms with van der Waals surface area (Å²) < 4.78 is 6.09. The normalized spacial score (nSPS) is 30.1. The number of hydrogen-bond donors (Lipinski definition) is 1. The second-order valence-electron chi connectivity index (χ2n) is 7.51. The van der Waals surface area contributed by atoms with Gasteiger partial charge in [-0.25, -0.2) is 0 Å². The maximum absolute atomic E-state index is 12.4. The maximum Gasteiger partial charge on any atom is 0.249 e. The van der Waals surface area contributed by atoms with Gasteiger partial charge in [-0.15, -0.1) is 0 Å². The topological polar surface area (TPSA) is 54.5 Å². The van der Waals surface area contributed by atoms with Crippen LogP contribution in [0.4, 0.5) is 0 Å². The fourth-order valence-corrected chi connectivity index (χ4v) is 3.97. The average Bonchev–Trinajstić information content (AvgIpc) is 3.31. The molecular weight excluding hydrogens is 302 g/mol. The Bertz CT molecular complexity index is 561. The van der Waals surface area contributed by atoms with Crippen molar-refractivity contribution in [2.75, 3.05) is 26.2 Å². The highest BCUT2D eigenvalue weighted by molar-refractivity contribution is 5.81. The molecule has 1 amide bonds. The van der Waals surface area contributed by atoms with E-state index in [-0.39, 0.29) is 18.1 Å². The number of nitrogens with one attached hydrogen (secondary N) is 1. The highest BCUT2D eigenvalue weighted by Crippen LogP contribution is 2.36. The lowest BCUT2D eigenvalue weighted by molar-refractivity contribution is -0.132. The number of carbonyl (C=O) groups excluding carboxylic acids is 1. The van der Waals surface area contributed by atoms with E-state index in [1.54, 1.807) is 6.20 Å². The Labute approximate surface area is 143 Å². The number of likely N-dealkylation sites (tertiary alicyclic amines) is 1. The summed E-state index contributed by atoms with van der Waals surface area (Å²) in [5.74, 6) is 1.54. The molecule has 3 fully saturated rings. The first kappa shape index (κ1) is 16.0. The maximum atomic E-state index is 12.4. The molecule has 0 spiro atoms. The summed E-state index contributed by atoms with van der Waals surface area (Å²) in [4.78, 5) is 19.2. The predicted octanol–water partition coefficient (Wildman–Crippen LogP) is 1.63. The molecule has 4 rings (SSSR count). The first-order valence-electron chi connectivity index (χ1n) is 9.33. The van der Waals surface area contributed by atoms with Crippen LogP contribution in [0.3, 0.4) is 0 Å². The SMILES string of the molecule is O=C(NCCc1ccccn1)[C@@H]1C[C@H]2CCN(CC3CC3)C[C@@H]2O1. The number of nitrogens with zero attached hydrogens (tertiary/aromatic N) is 2. The van der Waals surface area contributed by atoms with E-state index in [1.165, 1.54) is 32.4 Å². The molecule has 5 heteroatoms. The number of rotatable bonds is 6. The third kappa shape index (κ3) is 3.95. The van der Waals surface area contributed by atoms with Crippen LogP contribution in [0.25, 0.3) is 0 Å². The molecule has 3 heterocycles. The van der Waals surface area contributed by atoms with Gasteiger partial charge < -0.3 is 15.0 Å². The van der Waals surface area contributed by atoms with Gasteiger partial charge in [0.25, 0.3) is 0 Å². The molecule has 3 atom stereocenters. The van der Waals surface area contributed by atoms with E-state index in [0.29, 0.717) is 12.5 Å². The zero-order valence-corrected chi connectivity index (χ0v) is 14.2. The molecule has 3 aliphatic rings. The van der Waals surface area contributed by atoms with Crippen molar-refractivity contribution in [2.45, 2.75) is 44.3 Å². The molecular formula is C19H27N3O2. The summed E-state index contributed by atoms with van der Waals surface area (Å²) in [5.41, 5.74) is 1.01. The van der Waals surface area contributed by atoms with Gasteiger partial charge in [0.15, 0.2) is 0 Å². The van der Waals surface area contributed by atoms with Gasteiger partial charge in [0.05, 0.1) is 6.10 Å². The van der Waals surface area contributed by atoms with Crippen LogP contribution in [0, 0.1) is 11.8 Å². The Morgan fingerprint density at radius 1 is 1.33 bits per heavy atom. The molecule has 0 radical (unpaired) electrons. The molecule has 2 aliphatic heterocycles. The van der Waals surface area contributed by atoms with Crippen molar-refractivity contribution in [3.63, 3.8) is 0 Å². The summed E-state index contributed by atoms with van der Waals surface area (Å²) in [7, 11) is 0. The quantitative estimate of drug-likeness (QED) is 0.862. The molecule has 1 aliphatic carbocycles. The first-order chi connectivity index (χ1) is 11.8. The van der Waals surface area contributed by atoms with Crippen LogP contribution < -0.4 is 5.32 Å². The predicted molar refractivity (Wildman–Crippen MR) is 91.5 cm³/mol. The molecule has 0 unspecified atom stereocenters. The fraction of sp³-hybridized carbons (Fsp3) is 0.684. The van der Waals surface area contributed by atoms with E-state index >= 15 is 0 Å². The molecule has 1 saturated carbocycles. The lowest BCUT2D eigenvalue weighted by Gasteiger charge is -2.34. The Morgan fingerprint density at radius 2 is 2.25 bits per heavy atom. The average molecular weight is 329 g/mol. The molecule has 0 aromatic carbocycles. The van der Waals surface area contributed by atoms with Gasteiger partial charge in [0.1, 0.15) is 6.10 Å². The molecule has 1 aromatic rings. The van der Waals surface area contributed by atoms with Crippen molar-refractivity contribution < 1.29 is 9.53 Å². The van der Waals surface area contributed by atoms with Crippen molar-refractivity contribution in [2.24, 2.45) is 11.8 Å². The van der Waals surface area contributed by atoms with Crippen LogP contribution >= 0.6 is 0 Å². The molecule has 130 valence electrons. The van der Waals surface area contributed by atoms with Crippen molar-refractivity contribution in [3.8, 4) is 0 Å². The van der Waals surface area contributed by atoms with Crippen molar-refractivity contribution >= 4 is 5.91 Å². The molecule has 1 N–H and O–H groups in total. The smallest absolute Gasteiger partial charge is 0.249 e. The van der Waals surface area contributed by atoms with Crippen molar-refractivity contribution in [1.82, 2.24) is 15.2 Å². The van der Waals surface area contributed by atoms with E-state index in [1.807, 2.05) is 18.2 Å². The number of fused-ring (bicyclic) bond motifs is 1. The highest BCUT2D eigenvalue weighted by atomic mass is 16.5. The largest absolute Gasteiger partial charge is 0.364 e. The molecule has 0 bridgehead atoms. The summed E-state index contributed by atoms with van der Waals surface area (Å²) in [6.45, 7) is 4.04. The van der Waals surface area contributed by atoms with Gasteiger partial charge in [0.2, 0.25) is 5.91 Å². The summed E-state index contributed by atoms with van der Waals surface area (Å²) in [6.07, 6.45) is 7.40. The Hall–Kier alpha value is -1.46. The lowest BCUT2D eigenvalue weighted by atomic mass is 9.91. The van der Waals surface area contributed by atoms with Crippen molar-refractivity contribution in [1.29, 1.82) is 0 Å². The fourth-order valence-electron chi connectivity index (χ4n) is 3.97. The summed E-state index contributed by atoms with van der Waals surface area (Å²) in [5, 5.41) is 3.02. The van der Waals surface area contributed by atoms with E-state index in [0.717, 1.165) is 31.0 Å². The van der Waals surface area contributed by atoms with E-state index < -0.39 is 0 Å². The second kappa shape index (κ2) is 7.19. The number of piperidine rings is 1. The highest BCUT2D eigenvalue weighted by Gasteiger charge is 2.42. The Morgan fingerprint density at radius 3 is 3.04 bits per heavy atom. The minimum Gasteiger partial charge on any atom is -0.364 e. The first-order valence-corrected chi connectivity index (χ1v) is 9.33. The van der Waals surface area contributed by atoms with Crippen molar-refractivity contribution in [3.05, 3.63) is 30.1 Å². The minimum atomic E-state index is -0.260. The zero-order chi connectivity index (χ0) is 16.4. The zero-order valence-electron chi connectivity index (χ0n) is 14.2. The Kier molecular flexibility index (Phi) is 4.81. The summed E-state index contributed by atoms with van der Waals surface area (Å²) in [6, 6.07) is 5.87. The third-order valence-corrected chi connectivity index (χ3v) is 5.55. The monoisotopic (exact) mass is 329 g/mol. The minimum absolute atomic E-state index is 0.0501. The van der Waals surface area contributed by atoms with E-state index in [9.17, 15) is 4.79 Å². The molecule has 5 nitrogen and oxygen atoms in total. The number of carbonyl (C=O) groups is 1. The number of pyridine rings is 1. The van der Waals surface area contributed by atoms with Gasteiger partial charge >= 0.3 is 0 Å². The molecule has 1 aromatic heterocycles. The van der Waals surface area contributed by atoms with E-state index in [4.69, 9.17) is 4.74 Å². The third-order valence-electron chi connectivity index (χ3n) is 5.55. The van der Waals surface area contributed by atoms with Crippen LogP contribution in [-0.4, -0.2) is 54.2 Å². The van der Waals surface area contributed by atoms with Gasteiger partial charge in [0, 0.05) is 37.9 Å². The van der Waals surface area contributed by atoms with E-state index in [2.05, 4.69) is 15.2 Å². The van der Waals surface area contributed by atoms with Crippen LogP contribution in [0.15, 0.2) is 24.4 Å². The lowest BCUT2D eigenvalue weighted by Crippen LogP contribution is -2.43. The number of aromatic nitrogens is 1. The standard InChI is InChI=1S/C19H27N3O2/c23-19(21-9-6-16-3-1-2-8-20-16)17-11-15-7-10-22(12-14-4-5-14)13-18(15)24-17/h1-3,8,14-15,17-18H,4-7,9-13H2,(H,21,23)/t15-,17+,18+/m1/s1. The van der Waals surface area contributed by atoms with Gasteiger partial charge in [-0.2, -0.15) is 0 Å². The van der Waals surface area contributed by atoms with Crippen LogP contribution in [0.5, 0.6) is 0 Å². The van der Waals surface area contributed by atoms with Crippen LogP contribution in [-0.2, 0) is 16.0 Å².